The highest BCUT2D eigenvalue weighted by atomic mass is 16.5. The Morgan fingerprint density at radius 1 is 0.905 bits per heavy atom. The number of methoxy groups -OCH3 is 1. The molecule has 3 amide bonds. The van der Waals surface area contributed by atoms with Crippen molar-refractivity contribution in [3.05, 3.63) is 101 Å². The Morgan fingerprint density at radius 2 is 1.57 bits per heavy atom. The molecule has 0 unspecified atom stereocenters. The Hall–Kier alpha value is -4.50. The maximum atomic E-state index is 13.6. The number of carbonyl (C=O) groups excluding carboxylic acids is 4. The van der Waals surface area contributed by atoms with Crippen molar-refractivity contribution in [3.8, 4) is 0 Å². The molecule has 1 aliphatic rings. The summed E-state index contributed by atoms with van der Waals surface area (Å²) in [7, 11) is 1.30. The van der Waals surface area contributed by atoms with Gasteiger partial charge in [0.15, 0.2) is 0 Å². The van der Waals surface area contributed by atoms with E-state index in [1.54, 1.807) is 36.4 Å². The standard InChI is InChI=1S/C33H38N4O5/c1-20(2)29(34)32(40)37-28(31(39)36-27-10-6-8-22-7-4-5-9-26(22)27)19-21-11-17-25(18-12-21)35-30(38)23-13-15-24(16-14-23)33(41)42-3/h4-5,7,9,11-18,20,27-29H,6,8,10,19,34H2,1-3H3,(H,35,38)(H,36,39)(H,37,40)/t27-,28+,29+/m1/s1. The van der Waals surface area contributed by atoms with E-state index in [0.717, 1.165) is 30.4 Å². The molecule has 3 aromatic rings. The monoisotopic (exact) mass is 570 g/mol. The van der Waals surface area contributed by atoms with Crippen LogP contribution in [0.2, 0.25) is 0 Å². The molecule has 5 N–H and O–H groups in total. The summed E-state index contributed by atoms with van der Waals surface area (Å²) in [6.07, 6.45) is 3.03. The van der Waals surface area contributed by atoms with Gasteiger partial charge in [0.2, 0.25) is 11.8 Å². The highest BCUT2D eigenvalue weighted by molar-refractivity contribution is 6.04. The maximum Gasteiger partial charge on any atom is 0.337 e. The molecule has 0 radical (unpaired) electrons. The number of anilines is 1. The summed E-state index contributed by atoms with van der Waals surface area (Å²) in [5, 5.41) is 8.85. The van der Waals surface area contributed by atoms with E-state index < -0.39 is 18.1 Å². The molecule has 3 atom stereocenters. The third-order valence-corrected chi connectivity index (χ3v) is 7.56. The van der Waals surface area contributed by atoms with Gasteiger partial charge in [0.05, 0.1) is 24.8 Å². The van der Waals surface area contributed by atoms with Crippen LogP contribution in [-0.4, -0.2) is 42.9 Å². The molecule has 1 aliphatic carbocycles. The summed E-state index contributed by atoms with van der Waals surface area (Å²) in [6, 6.07) is 19.7. The molecule has 42 heavy (non-hydrogen) atoms. The highest BCUT2D eigenvalue weighted by Gasteiger charge is 2.29. The number of fused-ring (bicyclic) bond motifs is 1. The van der Waals surface area contributed by atoms with Gasteiger partial charge in [0.25, 0.3) is 5.91 Å². The average Bonchev–Trinajstić information content (AvgIpc) is 3.00. The Bertz CT molecular complexity index is 1420. The van der Waals surface area contributed by atoms with E-state index >= 15 is 0 Å². The molecule has 3 aromatic carbocycles. The molecule has 9 nitrogen and oxygen atoms in total. The van der Waals surface area contributed by atoms with Crippen LogP contribution < -0.4 is 21.7 Å². The normalized spacial score (nSPS) is 15.6. The SMILES string of the molecule is COC(=O)c1ccc(C(=O)Nc2ccc(C[C@H](NC(=O)[C@@H](N)C(C)C)C(=O)N[C@@H]3CCCc4ccccc43)cc2)cc1. The Labute approximate surface area is 246 Å². The number of aryl methyl sites for hydroxylation is 1. The molecular weight excluding hydrogens is 532 g/mol. The molecule has 0 bridgehead atoms. The van der Waals surface area contributed by atoms with Crippen molar-refractivity contribution in [2.45, 2.75) is 57.7 Å². The fraction of sp³-hybridized carbons (Fsp3) is 0.333. The summed E-state index contributed by atoms with van der Waals surface area (Å²) >= 11 is 0. The Kier molecular flexibility index (Phi) is 10.1. The van der Waals surface area contributed by atoms with E-state index in [4.69, 9.17) is 5.73 Å². The van der Waals surface area contributed by atoms with Gasteiger partial charge in [0.1, 0.15) is 6.04 Å². The molecule has 9 heteroatoms. The van der Waals surface area contributed by atoms with Crippen molar-refractivity contribution in [2.24, 2.45) is 11.7 Å². The zero-order valence-corrected chi connectivity index (χ0v) is 24.2. The minimum absolute atomic E-state index is 0.0847. The van der Waals surface area contributed by atoms with Crippen LogP contribution in [0.15, 0.2) is 72.8 Å². The molecule has 0 aromatic heterocycles. The van der Waals surface area contributed by atoms with E-state index in [0.29, 0.717) is 16.8 Å². The topological polar surface area (TPSA) is 140 Å². The number of nitrogens with two attached hydrogens (primary N) is 1. The van der Waals surface area contributed by atoms with Gasteiger partial charge in [-0.3, -0.25) is 14.4 Å². The first-order chi connectivity index (χ1) is 20.2. The number of amides is 3. The van der Waals surface area contributed by atoms with Crippen LogP contribution in [0, 0.1) is 5.92 Å². The van der Waals surface area contributed by atoms with Gasteiger partial charge in [-0.2, -0.15) is 0 Å². The zero-order valence-electron chi connectivity index (χ0n) is 24.2. The van der Waals surface area contributed by atoms with E-state index in [9.17, 15) is 19.2 Å². The van der Waals surface area contributed by atoms with Crippen LogP contribution in [0.5, 0.6) is 0 Å². The minimum Gasteiger partial charge on any atom is -0.465 e. The molecule has 0 heterocycles. The highest BCUT2D eigenvalue weighted by Crippen LogP contribution is 2.29. The second-order valence-corrected chi connectivity index (χ2v) is 10.9. The second kappa shape index (κ2) is 13.9. The lowest BCUT2D eigenvalue weighted by Crippen LogP contribution is -2.54. The van der Waals surface area contributed by atoms with Crippen LogP contribution in [0.4, 0.5) is 5.69 Å². The number of nitrogens with one attached hydrogen (secondary N) is 3. The average molecular weight is 571 g/mol. The van der Waals surface area contributed by atoms with Crippen LogP contribution >= 0.6 is 0 Å². The third-order valence-electron chi connectivity index (χ3n) is 7.56. The first-order valence-corrected chi connectivity index (χ1v) is 14.2. The molecule has 0 spiro atoms. The van der Waals surface area contributed by atoms with Crippen molar-refractivity contribution < 1.29 is 23.9 Å². The fourth-order valence-electron chi connectivity index (χ4n) is 4.99. The summed E-state index contributed by atoms with van der Waals surface area (Å²) in [5.41, 5.74) is 10.5. The summed E-state index contributed by atoms with van der Waals surface area (Å²) in [5.74, 6) is -1.54. The molecule has 4 rings (SSSR count). The smallest absolute Gasteiger partial charge is 0.337 e. The zero-order chi connectivity index (χ0) is 30.2. The van der Waals surface area contributed by atoms with Crippen LogP contribution in [0.3, 0.4) is 0 Å². The van der Waals surface area contributed by atoms with Gasteiger partial charge < -0.3 is 26.4 Å². The number of carbonyl (C=O) groups is 4. The van der Waals surface area contributed by atoms with Gasteiger partial charge in [-0.15, -0.1) is 0 Å². The Balaban J connectivity index is 1.45. The van der Waals surface area contributed by atoms with E-state index in [2.05, 4.69) is 26.8 Å². The lowest BCUT2D eigenvalue weighted by molar-refractivity contribution is -0.130. The van der Waals surface area contributed by atoms with Gasteiger partial charge in [-0.1, -0.05) is 50.2 Å². The van der Waals surface area contributed by atoms with Crippen molar-refractivity contribution in [2.75, 3.05) is 12.4 Å². The lowest BCUT2D eigenvalue weighted by Gasteiger charge is -2.29. The molecule has 0 fully saturated rings. The molecule has 0 saturated heterocycles. The first kappa shape index (κ1) is 30.5. The largest absolute Gasteiger partial charge is 0.465 e. The van der Waals surface area contributed by atoms with Crippen molar-refractivity contribution >= 4 is 29.4 Å². The van der Waals surface area contributed by atoms with Gasteiger partial charge in [0, 0.05) is 17.7 Å². The quantitative estimate of drug-likeness (QED) is 0.273. The lowest BCUT2D eigenvalue weighted by atomic mass is 9.87. The van der Waals surface area contributed by atoms with Crippen LogP contribution in [0.25, 0.3) is 0 Å². The van der Waals surface area contributed by atoms with Gasteiger partial charge in [-0.05, 0) is 78.3 Å². The number of ether oxygens (including phenoxy) is 1. The Morgan fingerprint density at radius 3 is 2.24 bits per heavy atom. The van der Waals surface area contributed by atoms with Crippen molar-refractivity contribution in [1.29, 1.82) is 0 Å². The predicted molar refractivity (Wildman–Crippen MR) is 161 cm³/mol. The number of hydrogen-bond acceptors (Lipinski definition) is 6. The fourth-order valence-corrected chi connectivity index (χ4v) is 4.99. The second-order valence-electron chi connectivity index (χ2n) is 10.9. The number of benzene rings is 3. The van der Waals surface area contributed by atoms with Gasteiger partial charge >= 0.3 is 5.97 Å². The van der Waals surface area contributed by atoms with Crippen LogP contribution in [-0.2, 0) is 27.2 Å². The molecule has 0 saturated carbocycles. The van der Waals surface area contributed by atoms with Gasteiger partial charge in [-0.25, -0.2) is 4.79 Å². The van der Waals surface area contributed by atoms with E-state index in [1.165, 1.54) is 24.8 Å². The summed E-state index contributed by atoms with van der Waals surface area (Å²) in [4.78, 5) is 50.8. The maximum absolute atomic E-state index is 13.6. The van der Waals surface area contributed by atoms with E-state index in [-0.39, 0.29) is 36.1 Å². The number of esters is 1. The predicted octanol–water partition coefficient (Wildman–Crippen LogP) is 3.93. The number of hydrogen-bond donors (Lipinski definition) is 4. The number of rotatable bonds is 10. The first-order valence-electron chi connectivity index (χ1n) is 14.2. The van der Waals surface area contributed by atoms with E-state index in [1.807, 2.05) is 32.0 Å². The van der Waals surface area contributed by atoms with Crippen molar-refractivity contribution in [1.82, 2.24) is 10.6 Å². The molecule has 220 valence electrons. The minimum atomic E-state index is -0.829. The van der Waals surface area contributed by atoms with Crippen LogP contribution in [0.1, 0.15) is 70.1 Å². The summed E-state index contributed by atoms with van der Waals surface area (Å²) in [6.45, 7) is 3.72. The molecular formula is C33H38N4O5. The third kappa shape index (κ3) is 7.61. The van der Waals surface area contributed by atoms with Crippen molar-refractivity contribution in [3.63, 3.8) is 0 Å². The summed E-state index contributed by atoms with van der Waals surface area (Å²) < 4.78 is 4.69. The molecule has 0 aliphatic heterocycles.